The highest BCUT2D eigenvalue weighted by Crippen LogP contribution is 2.32. The highest BCUT2D eigenvalue weighted by atomic mass is 19.4. The van der Waals surface area contributed by atoms with Crippen LogP contribution >= 0.6 is 0 Å². The SMILES string of the molecule is CC(C)[C@@H](c1ccc(OC(F)(F)F)cc1)[C@H](C)OC(=O)[C@H](C)CC(=O)OC(C)(C)C. The monoisotopic (exact) mass is 432 g/mol. The molecule has 0 fully saturated rings. The molecule has 3 atom stereocenters. The molecule has 1 aromatic rings. The molecule has 0 aliphatic carbocycles. The van der Waals surface area contributed by atoms with Gasteiger partial charge in [0.15, 0.2) is 0 Å². The van der Waals surface area contributed by atoms with Crippen LogP contribution in [0.5, 0.6) is 5.75 Å². The Morgan fingerprint density at radius 1 is 0.967 bits per heavy atom. The van der Waals surface area contributed by atoms with E-state index in [1.807, 2.05) is 13.8 Å². The molecule has 30 heavy (non-hydrogen) atoms. The maximum absolute atomic E-state index is 12.4. The molecule has 0 heterocycles. The smallest absolute Gasteiger partial charge is 0.462 e. The molecule has 0 unspecified atom stereocenters. The molecule has 0 saturated carbocycles. The van der Waals surface area contributed by atoms with Crippen molar-refractivity contribution in [2.45, 2.75) is 78.9 Å². The third-order valence-corrected chi connectivity index (χ3v) is 4.32. The zero-order valence-corrected chi connectivity index (χ0v) is 18.5. The van der Waals surface area contributed by atoms with Crippen LogP contribution in [0.1, 0.15) is 66.4 Å². The zero-order valence-electron chi connectivity index (χ0n) is 18.5. The standard InChI is InChI=1S/C22H31F3O5/c1-13(2)19(16-8-10-17(11-9-16)29-22(23,24)25)15(4)28-20(27)14(3)12-18(26)30-21(5,6)7/h8-11,13-15,19H,12H2,1-7H3/t14-,15+,19-/m1/s1. The van der Waals surface area contributed by atoms with Crippen LogP contribution in [0.25, 0.3) is 0 Å². The van der Waals surface area contributed by atoms with Gasteiger partial charge in [0.2, 0.25) is 0 Å². The van der Waals surface area contributed by atoms with E-state index in [1.54, 1.807) is 34.6 Å². The van der Waals surface area contributed by atoms with Gasteiger partial charge in [-0.2, -0.15) is 0 Å². The Balaban J connectivity index is 2.81. The van der Waals surface area contributed by atoms with Crippen molar-refractivity contribution < 1.29 is 37.0 Å². The number of carbonyl (C=O) groups is 2. The Bertz CT molecular complexity index is 705. The Morgan fingerprint density at radius 2 is 1.50 bits per heavy atom. The lowest BCUT2D eigenvalue weighted by Crippen LogP contribution is -2.31. The van der Waals surface area contributed by atoms with Gasteiger partial charge in [-0.05, 0) is 51.3 Å². The normalized spacial score (nSPS) is 15.3. The minimum atomic E-state index is -4.76. The van der Waals surface area contributed by atoms with E-state index < -0.39 is 35.9 Å². The van der Waals surface area contributed by atoms with E-state index in [0.29, 0.717) is 0 Å². The van der Waals surface area contributed by atoms with E-state index in [1.165, 1.54) is 24.3 Å². The van der Waals surface area contributed by atoms with E-state index in [9.17, 15) is 22.8 Å². The van der Waals surface area contributed by atoms with Crippen molar-refractivity contribution in [1.29, 1.82) is 0 Å². The molecule has 8 heteroatoms. The van der Waals surface area contributed by atoms with Crippen LogP contribution in [0.3, 0.4) is 0 Å². The second kappa shape index (κ2) is 10.2. The molecule has 1 aromatic carbocycles. The molecule has 0 bridgehead atoms. The third-order valence-electron chi connectivity index (χ3n) is 4.32. The summed E-state index contributed by atoms with van der Waals surface area (Å²) in [6.07, 6.45) is -5.40. The summed E-state index contributed by atoms with van der Waals surface area (Å²) in [5.41, 5.74) is 0.0817. The fourth-order valence-corrected chi connectivity index (χ4v) is 3.18. The molecule has 0 aliphatic heterocycles. The van der Waals surface area contributed by atoms with Crippen LogP contribution in [0.15, 0.2) is 24.3 Å². The molecule has 0 N–H and O–H groups in total. The predicted octanol–water partition coefficient (Wildman–Crippen LogP) is 5.62. The van der Waals surface area contributed by atoms with Crippen molar-refractivity contribution in [3.63, 3.8) is 0 Å². The van der Waals surface area contributed by atoms with Gasteiger partial charge in [0.05, 0.1) is 12.3 Å². The van der Waals surface area contributed by atoms with Crippen LogP contribution in [0.4, 0.5) is 13.2 Å². The van der Waals surface area contributed by atoms with Gasteiger partial charge in [-0.3, -0.25) is 9.59 Å². The van der Waals surface area contributed by atoms with Crippen molar-refractivity contribution >= 4 is 11.9 Å². The molecule has 0 spiro atoms. The first-order valence-corrected chi connectivity index (χ1v) is 9.87. The zero-order chi connectivity index (χ0) is 23.3. The van der Waals surface area contributed by atoms with Crippen LogP contribution in [-0.2, 0) is 19.1 Å². The van der Waals surface area contributed by atoms with Gasteiger partial charge in [0.25, 0.3) is 0 Å². The molecular formula is C22H31F3O5. The van der Waals surface area contributed by atoms with Crippen molar-refractivity contribution in [1.82, 2.24) is 0 Å². The van der Waals surface area contributed by atoms with Gasteiger partial charge in [-0.15, -0.1) is 13.2 Å². The van der Waals surface area contributed by atoms with Gasteiger partial charge >= 0.3 is 18.3 Å². The molecule has 1 rings (SSSR count). The third kappa shape index (κ3) is 9.05. The molecule has 0 radical (unpaired) electrons. The largest absolute Gasteiger partial charge is 0.573 e. The van der Waals surface area contributed by atoms with E-state index in [0.717, 1.165) is 5.56 Å². The molecule has 0 aliphatic rings. The number of esters is 2. The second-order valence-electron chi connectivity index (χ2n) is 8.72. The quantitative estimate of drug-likeness (QED) is 0.499. The first-order valence-electron chi connectivity index (χ1n) is 9.87. The van der Waals surface area contributed by atoms with Crippen LogP contribution in [0.2, 0.25) is 0 Å². The maximum Gasteiger partial charge on any atom is 0.573 e. The Labute approximate surface area is 175 Å². The first kappa shape index (κ1) is 25.8. The van der Waals surface area contributed by atoms with E-state index in [2.05, 4.69) is 4.74 Å². The Kier molecular flexibility index (Phi) is 8.75. The molecular weight excluding hydrogens is 401 g/mol. The van der Waals surface area contributed by atoms with Crippen molar-refractivity contribution in [3.05, 3.63) is 29.8 Å². The second-order valence-corrected chi connectivity index (χ2v) is 8.72. The summed E-state index contributed by atoms with van der Waals surface area (Å²) in [6, 6.07) is 5.52. The fourth-order valence-electron chi connectivity index (χ4n) is 3.18. The molecule has 0 amide bonds. The number of hydrogen-bond donors (Lipinski definition) is 0. The summed E-state index contributed by atoms with van der Waals surface area (Å²) in [6.45, 7) is 12.4. The first-order chi connectivity index (χ1) is 13.6. The van der Waals surface area contributed by atoms with Gasteiger partial charge in [0.1, 0.15) is 17.5 Å². The summed E-state index contributed by atoms with van der Waals surface area (Å²) < 4.78 is 51.7. The number of benzene rings is 1. The molecule has 0 aromatic heterocycles. The summed E-state index contributed by atoms with van der Waals surface area (Å²) in [4.78, 5) is 24.4. The fraction of sp³-hybridized carbons (Fsp3) is 0.636. The van der Waals surface area contributed by atoms with Crippen molar-refractivity contribution in [2.24, 2.45) is 11.8 Å². The number of alkyl halides is 3. The van der Waals surface area contributed by atoms with Crippen LogP contribution in [0, 0.1) is 11.8 Å². The van der Waals surface area contributed by atoms with E-state index in [4.69, 9.17) is 9.47 Å². The number of rotatable bonds is 8. The summed E-state index contributed by atoms with van der Waals surface area (Å²) in [5, 5.41) is 0. The summed E-state index contributed by atoms with van der Waals surface area (Å²) in [7, 11) is 0. The average Bonchev–Trinajstić information content (AvgIpc) is 2.52. The van der Waals surface area contributed by atoms with Crippen LogP contribution < -0.4 is 4.74 Å². The Morgan fingerprint density at radius 3 is 1.93 bits per heavy atom. The predicted molar refractivity (Wildman–Crippen MR) is 106 cm³/mol. The topological polar surface area (TPSA) is 61.8 Å². The summed E-state index contributed by atoms with van der Waals surface area (Å²) in [5.74, 6) is -2.22. The molecule has 5 nitrogen and oxygen atoms in total. The lowest BCUT2D eigenvalue weighted by atomic mass is 9.84. The highest BCUT2D eigenvalue weighted by Gasteiger charge is 2.32. The van der Waals surface area contributed by atoms with Crippen molar-refractivity contribution in [3.8, 4) is 5.75 Å². The lowest BCUT2D eigenvalue weighted by molar-refractivity contribution is -0.274. The number of hydrogen-bond acceptors (Lipinski definition) is 5. The van der Waals surface area contributed by atoms with Gasteiger partial charge in [-0.1, -0.05) is 32.9 Å². The Hall–Kier alpha value is -2.25. The molecule has 170 valence electrons. The highest BCUT2D eigenvalue weighted by molar-refractivity contribution is 5.80. The average molecular weight is 432 g/mol. The minimum absolute atomic E-state index is 0.0448. The lowest BCUT2D eigenvalue weighted by Gasteiger charge is -2.29. The van der Waals surface area contributed by atoms with Gasteiger partial charge in [-0.25, -0.2) is 0 Å². The summed E-state index contributed by atoms with van der Waals surface area (Å²) >= 11 is 0. The number of ether oxygens (including phenoxy) is 3. The van der Waals surface area contributed by atoms with E-state index in [-0.39, 0.29) is 24.0 Å². The number of halogens is 3. The van der Waals surface area contributed by atoms with E-state index >= 15 is 0 Å². The van der Waals surface area contributed by atoms with Gasteiger partial charge in [0, 0.05) is 5.92 Å². The van der Waals surface area contributed by atoms with Gasteiger partial charge < -0.3 is 14.2 Å². The van der Waals surface area contributed by atoms with Crippen LogP contribution in [-0.4, -0.2) is 30.0 Å². The van der Waals surface area contributed by atoms with Crippen molar-refractivity contribution in [2.75, 3.05) is 0 Å². The number of carbonyl (C=O) groups excluding carboxylic acids is 2. The minimum Gasteiger partial charge on any atom is -0.462 e. The molecule has 0 saturated heterocycles. The maximum atomic E-state index is 12.4.